The molecule has 0 atom stereocenters. The zero-order valence-electron chi connectivity index (χ0n) is 20.9. The standard InChI is InChI=1S/C34H27N3O/c38-34(36-31-19-9-17-27-18-10-20-35-33(27)31)30-21-28-15-7-8-16-29(28)22-32(30)37(23-25-11-3-1-4-12-25)24-26-13-5-2-6-14-26/h1-22H,23-24H2,(H,36,38). The molecule has 0 spiro atoms. The van der Waals surface area contributed by atoms with Gasteiger partial charge in [-0.2, -0.15) is 0 Å². The van der Waals surface area contributed by atoms with Crippen molar-refractivity contribution >= 4 is 39.0 Å². The number of pyridine rings is 1. The number of hydrogen-bond donors (Lipinski definition) is 1. The number of hydrogen-bond acceptors (Lipinski definition) is 3. The molecule has 1 N–H and O–H groups in total. The molecular weight excluding hydrogens is 466 g/mol. The van der Waals surface area contributed by atoms with E-state index in [0.717, 1.165) is 27.4 Å². The molecule has 0 aliphatic rings. The zero-order chi connectivity index (χ0) is 25.7. The van der Waals surface area contributed by atoms with E-state index < -0.39 is 0 Å². The number of amides is 1. The molecule has 1 heterocycles. The van der Waals surface area contributed by atoms with Crippen molar-refractivity contribution in [2.24, 2.45) is 0 Å². The highest BCUT2D eigenvalue weighted by atomic mass is 16.1. The monoisotopic (exact) mass is 493 g/mol. The number of nitrogens with zero attached hydrogens (tertiary/aromatic N) is 2. The van der Waals surface area contributed by atoms with E-state index in [0.29, 0.717) is 24.3 Å². The van der Waals surface area contributed by atoms with Crippen LogP contribution in [0.15, 0.2) is 134 Å². The quantitative estimate of drug-likeness (QED) is 0.246. The minimum Gasteiger partial charge on any atom is -0.362 e. The van der Waals surface area contributed by atoms with Crippen LogP contribution in [0.2, 0.25) is 0 Å². The van der Waals surface area contributed by atoms with Crippen molar-refractivity contribution in [3.8, 4) is 0 Å². The first kappa shape index (κ1) is 23.4. The number of nitrogens with one attached hydrogen (secondary N) is 1. The largest absolute Gasteiger partial charge is 0.362 e. The summed E-state index contributed by atoms with van der Waals surface area (Å²) in [6.45, 7) is 1.34. The summed E-state index contributed by atoms with van der Waals surface area (Å²) in [5.74, 6) is -0.157. The van der Waals surface area contributed by atoms with Gasteiger partial charge in [-0.25, -0.2) is 0 Å². The Morgan fingerprint density at radius 2 is 1.21 bits per heavy atom. The fourth-order valence-electron chi connectivity index (χ4n) is 4.90. The minimum absolute atomic E-state index is 0.157. The molecule has 0 saturated heterocycles. The molecule has 1 amide bonds. The number of rotatable bonds is 7. The number of aromatic nitrogens is 1. The molecular formula is C34H27N3O. The summed E-state index contributed by atoms with van der Waals surface area (Å²) < 4.78 is 0. The topological polar surface area (TPSA) is 45.2 Å². The summed E-state index contributed by atoms with van der Waals surface area (Å²) in [5, 5.41) is 6.27. The van der Waals surface area contributed by atoms with Crippen LogP contribution in [0.3, 0.4) is 0 Å². The Balaban J connectivity index is 1.46. The Bertz CT molecular complexity index is 1670. The van der Waals surface area contributed by atoms with Crippen molar-refractivity contribution in [2.45, 2.75) is 13.1 Å². The highest BCUT2D eigenvalue weighted by Gasteiger charge is 2.20. The third-order valence-corrected chi connectivity index (χ3v) is 6.76. The number of benzene rings is 5. The number of carbonyl (C=O) groups is 1. The third-order valence-electron chi connectivity index (χ3n) is 6.76. The smallest absolute Gasteiger partial charge is 0.257 e. The van der Waals surface area contributed by atoms with Gasteiger partial charge in [0.2, 0.25) is 0 Å². The second-order valence-electron chi connectivity index (χ2n) is 9.38. The van der Waals surface area contributed by atoms with Gasteiger partial charge in [-0.15, -0.1) is 0 Å². The molecule has 0 aliphatic heterocycles. The van der Waals surface area contributed by atoms with E-state index in [2.05, 4.69) is 75.9 Å². The van der Waals surface area contributed by atoms with E-state index in [1.807, 2.05) is 66.7 Å². The lowest BCUT2D eigenvalue weighted by atomic mass is 10.0. The second kappa shape index (κ2) is 10.6. The summed E-state index contributed by atoms with van der Waals surface area (Å²) in [7, 11) is 0. The van der Waals surface area contributed by atoms with Gasteiger partial charge in [-0.1, -0.05) is 103 Å². The lowest BCUT2D eigenvalue weighted by molar-refractivity contribution is 0.102. The van der Waals surface area contributed by atoms with Gasteiger partial charge in [0.25, 0.3) is 5.91 Å². The van der Waals surface area contributed by atoms with Gasteiger partial charge in [0.1, 0.15) is 0 Å². The number of para-hydroxylation sites is 1. The van der Waals surface area contributed by atoms with Crippen LogP contribution in [0.1, 0.15) is 21.5 Å². The van der Waals surface area contributed by atoms with Crippen LogP contribution in [0.25, 0.3) is 21.7 Å². The maximum Gasteiger partial charge on any atom is 0.257 e. The van der Waals surface area contributed by atoms with Crippen LogP contribution in [-0.4, -0.2) is 10.9 Å². The summed E-state index contributed by atoms with van der Waals surface area (Å²) in [6, 6.07) is 42.8. The van der Waals surface area contributed by atoms with Crippen molar-refractivity contribution in [3.05, 3.63) is 150 Å². The van der Waals surface area contributed by atoms with Crippen LogP contribution in [-0.2, 0) is 13.1 Å². The molecule has 184 valence electrons. The molecule has 6 aromatic rings. The lowest BCUT2D eigenvalue weighted by Gasteiger charge is -2.28. The van der Waals surface area contributed by atoms with E-state index in [-0.39, 0.29) is 5.91 Å². The van der Waals surface area contributed by atoms with Crippen LogP contribution in [0.5, 0.6) is 0 Å². The fraction of sp³-hybridized carbons (Fsp3) is 0.0588. The Kier molecular flexibility index (Phi) is 6.52. The molecule has 0 saturated carbocycles. The minimum atomic E-state index is -0.157. The first-order valence-electron chi connectivity index (χ1n) is 12.8. The van der Waals surface area contributed by atoms with Crippen LogP contribution in [0.4, 0.5) is 11.4 Å². The number of fused-ring (bicyclic) bond motifs is 2. The van der Waals surface area contributed by atoms with Gasteiger partial charge >= 0.3 is 0 Å². The summed E-state index contributed by atoms with van der Waals surface area (Å²) in [5.41, 5.74) is 5.36. The zero-order valence-corrected chi connectivity index (χ0v) is 20.9. The SMILES string of the molecule is O=C(Nc1cccc2cccnc12)c1cc2ccccc2cc1N(Cc1ccccc1)Cc1ccccc1. The van der Waals surface area contributed by atoms with Crippen molar-refractivity contribution in [3.63, 3.8) is 0 Å². The van der Waals surface area contributed by atoms with Crippen molar-refractivity contribution in [1.82, 2.24) is 4.98 Å². The van der Waals surface area contributed by atoms with Gasteiger partial charge in [0.15, 0.2) is 0 Å². The molecule has 4 nitrogen and oxygen atoms in total. The molecule has 4 heteroatoms. The highest BCUT2D eigenvalue weighted by molar-refractivity contribution is 6.13. The highest BCUT2D eigenvalue weighted by Crippen LogP contribution is 2.31. The average molecular weight is 494 g/mol. The van der Waals surface area contributed by atoms with Gasteiger partial charge < -0.3 is 10.2 Å². The summed E-state index contributed by atoms with van der Waals surface area (Å²) >= 11 is 0. The first-order valence-corrected chi connectivity index (χ1v) is 12.8. The van der Waals surface area contributed by atoms with Gasteiger partial charge in [-0.05, 0) is 46.2 Å². The van der Waals surface area contributed by atoms with E-state index in [4.69, 9.17) is 0 Å². The fourth-order valence-corrected chi connectivity index (χ4v) is 4.90. The van der Waals surface area contributed by atoms with Crippen molar-refractivity contribution in [2.75, 3.05) is 10.2 Å². The van der Waals surface area contributed by atoms with E-state index in [9.17, 15) is 4.79 Å². The maximum atomic E-state index is 14.0. The van der Waals surface area contributed by atoms with E-state index in [1.54, 1.807) is 6.20 Å². The van der Waals surface area contributed by atoms with E-state index in [1.165, 1.54) is 11.1 Å². The van der Waals surface area contributed by atoms with Gasteiger partial charge in [0, 0.05) is 24.7 Å². The van der Waals surface area contributed by atoms with Gasteiger partial charge in [-0.3, -0.25) is 9.78 Å². The molecule has 0 unspecified atom stereocenters. The second-order valence-corrected chi connectivity index (χ2v) is 9.38. The molecule has 0 bridgehead atoms. The normalized spacial score (nSPS) is 10.9. The van der Waals surface area contributed by atoms with Crippen LogP contribution in [0, 0.1) is 0 Å². The lowest BCUT2D eigenvalue weighted by Crippen LogP contribution is -2.25. The average Bonchev–Trinajstić information content (AvgIpc) is 2.97. The molecule has 0 radical (unpaired) electrons. The van der Waals surface area contributed by atoms with Gasteiger partial charge in [0.05, 0.1) is 22.5 Å². The Morgan fingerprint density at radius 3 is 1.89 bits per heavy atom. The predicted molar refractivity (Wildman–Crippen MR) is 156 cm³/mol. The van der Waals surface area contributed by atoms with Crippen LogP contribution >= 0.6 is 0 Å². The Morgan fingerprint density at radius 1 is 0.632 bits per heavy atom. The van der Waals surface area contributed by atoms with Crippen molar-refractivity contribution < 1.29 is 4.79 Å². The molecule has 0 aliphatic carbocycles. The Hall–Kier alpha value is -4.96. The summed E-state index contributed by atoms with van der Waals surface area (Å²) in [6.07, 6.45) is 1.75. The third kappa shape index (κ3) is 4.97. The summed E-state index contributed by atoms with van der Waals surface area (Å²) in [4.78, 5) is 20.8. The molecule has 38 heavy (non-hydrogen) atoms. The number of anilines is 2. The van der Waals surface area contributed by atoms with Crippen LogP contribution < -0.4 is 10.2 Å². The molecule has 1 aromatic heterocycles. The Labute approximate surface area is 222 Å². The first-order chi connectivity index (χ1) is 18.7. The molecule has 0 fully saturated rings. The van der Waals surface area contributed by atoms with Crippen molar-refractivity contribution in [1.29, 1.82) is 0 Å². The molecule has 6 rings (SSSR count). The predicted octanol–water partition coefficient (Wildman–Crippen LogP) is 7.85. The maximum absolute atomic E-state index is 14.0. The van der Waals surface area contributed by atoms with E-state index >= 15 is 0 Å². The molecule has 5 aromatic carbocycles. The number of carbonyl (C=O) groups excluding carboxylic acids is 1.